The number of aromatic nitrogens is 2. The molecule has 3 amide bonds. The van der Waals surface area contributed by atoms with Crippen LogP contribution in [-0.2, 0) is 9.53 Å². The third kappa shape index (κ3) is 4.17. The van der Waals surface area contributed by atoms with Crippen molar-refractivity contribution in [2.24, 2.45) is 5.92 Å². The van der Waals surface area contributed by atoms with Crippen molar-refractivity contribution in [3.05, 3.63) is 78.5 Å². The second-order valence-corrected chi connectivity index (χ2v) is 9.68. The van der Waals surface area contributed by atoms with Crippen molar-refractivity contribution in [3.8, 4) is 11.6 Å². The van der Waals surface area contributed by atoms with Gasteiger partial charge >= 0.3 is 6.03 Å². The molecule has 38 heavy (non-hydrogen) atoms. The van der Waals surface area contributed by atoms with Crippen LogP contribution in [0.1, 0.15) is 9.67 Å². The molecule has 0 spiro atoms. The molecule has 0 radical (unpaired) electrons. The van der Waals surface area contributed by atoms with Crippen molar-refractivity contribution >= 4 is 56.3 Å². The standard InChI is InChI=1S/C27H21N5O5S/c1-2-20(33)17-13-36-14-18(17)30-25(34)24-23-22-19(10-11-28-26(22)38-24)32(27(35)31-23)15-8-9-21(29-12-15)37-16-6-4-3-5-7-16/h2-12,17-18H,1,13-14H2,(H,30,34)(H,31,35)/t17-,18-/m0/s1. The fourth-order valence-electron chi connectivity index (χ4n) is 4.54. The molecule has 3 aromatic heterocycles. The molecule has 1 fully saturated rings. The lowest BCUT2D eigenvalue weighted by molar-refractivity contribution is -0.118. The van der Waals surface area contributed by atoms with E-state index in [1.807, 2.05) is 30.3 Å². The van der Waals surface area contributed by atoms with E-state index < -0.39 is 23.9 Å². The zero-order valence-electron chi connectivity index (χ0n) is 19.9. The predicted molar refractivity (Wildman–Crippen MR) is 142 cm³/mol. The van der Waals surface area contributed by atoms with E-state index in [2.05, 4.69) is 27.2 Å². The first kappa shape index (κ1) is 23.8. The second kappa shape index (κ2) is 9.69. The van der Waals surface area contributed by atoms with E-state index in [0.29, 0.717) is 43.8 Å². The summed E-state index contributed by atoms with van der Waals surface area (Å²) < 4.78 is 11.2. The lowest BCUT2D eigenvalue weighted by Crippen LogP contribution is -2.42. The Hall–Kier alpha value is -4.61. The Bertz CT molecular complexity index is 1570. The van der Waals surface area contributed by atoms with E-state index in [4.69, 9.17) is 9.47 Å². The van der Waals surface area contributed by atoms with Crippen molar-refractivity contribution in [1.29, 1.82) is 0 Å². The maximum Gasteiger partial charge on any atom is 0.331 e. The Morgan fingerprint density at radius 3 is 2.76 bits per heavy atom. The molecule has 190 valence electrons. The molecule has 5 heterocycles. The number of hydrogen-bond acceptors (Lipinski definition) is 8. The lowest BCUT2D eigenvalue weighted by atomic mass is 9.98. The van der Waals surface area contributed by atoms with E-state index in [1.165, 1.54) is 22.3 Å². The Morgan fingerprint density at radius 2 is 2.00 bits per heavy atom. The van der Waals surface area contributed by atoms with E-state index in [0.717, 1.165) is 0 Å². The number of amides is 3. The molecule has 1 saturated heterocycles. The van der Waals surface area contributed by atoms with Crippen LogP contribution < -0.4 is 20.3 Å². The van der Waals surface area contributed by atoms with Gasteiger partial charge in [0.2, 0.25) is 5.88 Å². The number of anilines is 3. The van der Waals surface area contributed by atoms with Crippen LogP contribution in [0.25, 0.3) is 10.2 Å². The molecule has 10 nitrogen and oxygen atoms in total. The summed E-state index contributed by atoms with van der Waals surface area (Å²) in [6.07, 6.45) is 4.38. The number of para-hydroxylation sites is 1. The highest BCUT2D eigenvalue weighted by molar-refractivity contribution is 7.21. The number of thiophene rings is 1. The van der Waals surface area contributed by atoms with Crippen molar-refractivity contribution in [2.45, 2.75) is 6.04 Å². The van der Waals surface area contributed by atoms with Crippen LogP contribution in [0.5, 0.6) is 11.6 Å². The molecule has 2 aliphatic heterocycles. The number of urea groups is 1. The molecular weight excluding hydrogens is 506 g/mol. The fraction of sp³-hybridized carbons (Fsp3) is 0.148. The number of pyridine rings is 2. The minimum atomic E-state index is -0.498. The topological polar surface area (TPSA) is 123 Å². The molecule has 11 heteroatoms. The van der Waals surface area contributed by atoms with Crippen LogP contribution >= 0.6 is 11.3 Å². The van der Waals surface area contributed by atoms with Crippen LogP contribution in [0, 0.1) is 5.92 Å². The smallest absolute Gasteiger partial charge is 0.331 e. The van der Waals surface area contributed by atoms with Gasteiger partial charge in [0.05, 0.1) is 53.8 Å². The zero-order valence-corrected chi connectivity index (χ0v) is 20.7. The summed E-state index contributed by atoms with van der Waals surface area (Å²) in [6, 6.07) is 13.5. The predicted octanol–water partition coefficient (Wildman–Crippen LogP) is 4.67. The highest BCUT2D eigenvalue weighted by atomic mass is 32.1. The Morgan fingerprint density at radius 1 is 1.16 bits per heavy atom. The van der Waals surface area contributed by atoms with Gasteiger partial charge in [-0.25, -0.2) is 14.8 Å². The van der Waals surface area contributed by atoms with Gasteiger partial charge in [0.1, 0.15) is 15.5 Å². The summed E-state index contributed by atoms with van der Waals surface area (Å²) in [4.78, 5) is 49.9. The molecule has 0 saturated carbocycles. The van der Waals surface area contributed by atoms with Gasteiger partial charge < -0.3 is 20.1 Å². The lowest BCUT2D eigenvalue weighted by Gasteiger charge is -2.28. The molecule has 2 N–H and O–H groups in total. The fourth-order valence-corrected chi connectivity index (χ4v) is 5.56. The maximum atomic E-state index is 13.3. The third-order valence-corrected chi connectivity index (χ3v) is 7.46. The first-order chi connectivity index (χ1) is 18.5. The number of nitrogens with zero attached hydrogens (tertiary/aromatic N) is 3. The second-order valence-electron chi connectivity index (χ2n) is 8.68. The maximum absolute atomic E-state index is 13.3. The van der Waals surface area contributed by atoms with Gasteiger partial charge in [0.25, 0.3) is 5.91 Å². The Labute approximate surface area is 220 Å². The van der Waals surface area contributed by atoms with Crippen LogP contribution in [0.3, 0.4) is 0 Å². The molecular formula is C27H21N5O5S. The number of carbonyl (C=O) groups excluding carboxylic acids is 3. The molecule has 0 unspecified atom stereocenters. The van der Waals surface area contributed by atoms with E-state index in [9.17, 15) is 14.4 Å². The molecule has 4 aromatic rings. The van der Waals surface area contributed by atoms with Crippen molar-refractivity contribution in [1.82, 2.24) is 15.3 Å². The highest BCUT2D eigenvalue weighted by Crippen LogP contribution is 2.45. The first-order valence-electron chi connectivity index (χ1n) is 11.8. The molecule has 0 aliphatic carbocycles. The highest BCUT2D eigenvalue weighted by Gasteiger charge is 2.37. The summed E-state index contributed by atoms with van der Waals surface area (Å²) in [5, 5.41) is 6.38. The van der Waals surface area contributed by atoms with Crippen molar-refractivity contribution in [3.63, 3.8) is 0 Å². The number of nitrogens with one attached hydrogen (secondary N) is 2. The van der Waals surface area contributed by atoms with Crippen LogP contribution in [0.4, 0.5) is 21.9 Å². The largest absolute Gasteiger partial charge is 0.439 e. The summed E-state index contributed by atoms with van der Waals surface area (Å²) in [5.41, 5.74) is 1.48. The van der Waals surface area contributed by atoms with Crippen molar-refractivity contribution in [2.75, 3.05) is 23.4 Å². The molecule has 2 aliphatic rings. The zero-order chi connectivity index (χ0) is 26.2. The van der Waals surface area contributed by atoms with Crippen LogP contribution in [0.2, 0.25) is 0 Å². The average molecular weight is 528 g/mol. The number of carbonyl (C=O) groups is 3. The number of ketones is 1. The van der Waals surface area contributed by atoms with Crippen LogP contribution in [0.15, 0.2) is 73.6 Å². The number of rotatable bonds is 7. The minimum Gasteiger partial charge on any atom is -0.439 e. The third-order valence-electron chi connectivity index (χ3n) is 6.36. The summed E-state index contributed by atoms with van der Waals surface area (Å²) in [6.45, 7) is 3.96. The average Bonchev–Trinajstić information content (AvgIpc) is 3.55. The van der Waals surface area contributed by atoms with Crippen molar-refractivity contribution < 1.29 is 23.9 Å². The summed E-state index contributed by atoms with van der Waals surface area (Å²) >= 11 is 1.17. The quantitative estimate of drug-likeness (QED) is 0.335. The number of allylic oxidation sites excluding steroid dienone is 1. The van der Waals surface area contributed by atoms with Gasteiger partial charge in [0, 0.05) is 12.3 Å². The van der Waals surface area contributed by atoms with Gasteiger partial charge in [0.15, 0.2) is 5.78 Å². The molecule has 1 aromatic carbocycles. The Kier molecular flexibility index (Phi) is 6.06. The number of benzene rings is 1. The van der Waals surface area contributed by atoms with E-state index in [-0.39, 0.29) is 19.0 Å². The normalized spacial score (nSPS) is 18.2. The summed E-state index contributed by atoms with van der Waals surface area (Å²) in [5.74, 6) is -0.0625. The molecule has 6 rings (SSSR count). The molecule has 0 bridgehead atoms. The van der Waals surface area contributed by atoms with Gasteiger partial charge in [-0.3, -0.25) is 14.5 Å². The van der Waals surface area contributed by atoms with Gasteiger partial charge in [-0.05, 0) is 30.3 Å². The van der Waals surface area contributed by atoms with Gasteiger partial charge in [-0.15, -0.1) is 11.3 Å². The van der Waals surface area contributed by atoms with E-state index in [1.54, 1.807) is 30.6 Å². The van der Waals surface area contributed by atoms with Crippen LogP contribution in [-0.4, -0.2) is 46.9 Å². The Balaban J connectivity index is 1.30. The number of hydrogen-bond donors (Lipinski definition) is 2. The SMILES string of the molecule is C=CC(=O)[C@H]1COC[C@@H]1NC(=O)c1sc2nccc3c2c1NC(=O)N3c1ccc(Oc2ccccc2)nc1. The van der Waals surface area contributed by atoms with Gasteiger partial charge in [-0.1, -0.05) is 24.8 Å². The minimum absolute atomic E-state index is 0.188. The number of ether oxygens (including phenoxy) is 2. The monoisotopic (exact) mass is 527 g/mol. The van der Waals surface area contributed by atoms with Gasteiger partial charge in [-0.2, -0.15) is 0 Å². The first-order valence-corrected chi connectivity index (χ1v) is 12.6. The summed E-state index contributed by atoms with van der Waals surface area (Å²) in [7, 11) is 0. The van der Waals surface area contributed by atoms with E-state index >= 15 is 0 Å². The molecule has 2 atom stereocenters.